The second-order valence-electron chi connectivity index (χ2n) is 4.70. The second kappa shape index (κ2) is 6.86. The molecule has 1 N–H and O–H groups in total. The van der Waals surface area contributed by atoms with Gasteiger partial charge in [-0.15, -0.1) is 0 Å². The topological polar surface area (TPSA) is 49.8 Å². The molecule has 1 fully saturated rings. The van der Waals surface area contributed by atoms with Gasteiger partial charge in [-0.2, -0.15) is 0 Å². The smallest absolute Gasteiger partial charge is 0.309 e. The molecule has 0 aromatic rings. The Morgan fingerprint density at radius 3 is 3.00 bits per heavy atom. The van der Waals surface area contributed by atoms with Gasteiger partial charge in [0.25, 0.3) is 0 Å². The lowest BCUT2D eigenvalue weighted by atomic mass is 9.94. The van der Waals surface area contributed by atoms with Gasteiger partial charge < -0.3 is 14.7 Å². The lowest BCUT2D eigenvalue weighted by Gasteiger charge is -2.33. The van der Waals surface area contributed by atoms with E-state index in [0.717, 1.165) is 26.1 Å². The molecule has 0 aromatic carbocycles. The normalized spacial score (nSPS) is 24.1. The minimum Gasteiger partial charge on any atom is -0.469 e. The fourth-order valence-electron chi connectivity index (χ4n) is 2.40. The molecule has 0 spiro atoms. The summed E-state index contributed by atoms with van der Waals surface area (Å²) in [6.45, 7) is 5.01. The van der Waals surface area contributed by atoms with Gasteiger partial charge in [0.2, 0.25) is 0 Å². The number of methoxy groups -OCH3 is 1. The minimum atomic E-state index is -0.135. The molecule has 4 nitrogen and oxygen atoms in total. The molecule has 0 bridgehead atoms. The monoisotopic (exact) mass is 229 g/mol. The predicted molar refractivity (Wildman–Crippen MR) is 62.0 cm³/mol. The van der Waals surface area contributed by atoms with Crippen molar-refractivity contribution < 1.29 is 14.6 Å². The van der Waals surface area contributed by atoms with Gasteiger partial charge in [-0.1, -0.05) is 6.92 Å². The highest BCUT2D eigenvalue weighted by molar-refractivity contribution is 5.72. The first-order chi connectivity index (χ1) is 7.67. The summed E-state index contributed by atoms with van der Waals surface area (Å²) >= 11 is 0. The summed E-state index contributed by atoms with van der Waals surface area (Å²) in [5.74, 6) is 0.394. The van der Waals surface area contributed by atoms with Gasteiger partial charge in [0.1, 0.15) is 0 Å². The second-order valence-corrected chi connectivity index (χ2v) is 4.70. The molecular formula is C12H23NO3. The number of aliphatic hydroxyl groups excluding tert-OH is 1. The third-order valence-corrected chi connectivity index (χ3v) is 3.28. The molecule has 0 aliphatic carbocycles. The van der Waals surface area contributed by atoms with E-state index in [-0.39, 0.29) is 18.5 Å². The van der Waals surface area contributed by atoms with E-state index in [4.69, 9.17) is 9.84 Å². The van der Waals surface area contributed by atoms with Gasteiger partial charge >= 0.3 is 5.97 Å². The van der Waals surface area contributed by atoms with Crippen LogP contribution in [0.4, 0.5) is 0 Å². The van der Waals surface area contributed by atoms with Crippen LogP contribution in [0.5, 0.6) is 0 Å². The number of piperidine rings is 1. The molecule has 1 saturated heterocycles. The Labute approximate surface area is 97.6 Å². The first kappa shape index (κ1) is 13.5. The quantitative estimate of drug-likeness (QED) is 0.711. The van der Waals surface area contributed by atoms with Crippen molar-refractivity contribution in [2.24, 2.45) is 11.8 Å². The van der Waals surface area contributed by atoms with Crippen LogP contribution in [0.1, 0.15) is 26.2 Å². The van der Waals surface area contributed by atoms with E-state index in [1.807, 2.05) is 6.92 Å². The highest BCUT2D eigenvalue weighted by Crippen LogP contribution is 2.20. The molecule has 0 radical (unpaired) electrons. The largest absolute Gasteiger partial charge is 0.469 e. The number of carbonyl (C=O) groups is 1. The van der Waals surface area contributed by atoms with Crippen LogP contribution < -0.4 is 0 Å². The molecule has 2 atom stereocenters. The number of carbonyl (C=O) groups excluding carboxylic acids is 1. The first-order valence-corrected chi connectivity index (χ1v) is 6.08. The Morgan fingerprint density at radius 1 is 1.62 bits per heavy atom. The van der Waals surface area contributed by atoms with Gasteiger partial charge in [-0.05, 0) is 31.7 Å². The number of ether oxygens (including phenoxy) is 1. The first-order valence-electron chi connectivity index (χ1n) is 6.08. The van der Waals surface area contributed by atoms with Gasteiger partial charge in [0.15, 0.2) is 0 Å². The Bertz CT molecular complexity index is 218. The van der Waals surface area contributed by atoms with Crippen LogP contribution in [0.2, 0.25) is 0 Å². The maximum Gasteiger partial charge on any atom is 0.309 e. The number of esters is 1. The standard InChI is InChI=1S/C12H23NO3/c1-10(12(15)16-2)8-13-6-3-4-11(9-13)5-7-14/h10-11,14H,3-9H2,1-2H3. The van der Waals surface area contributed by atoms with E-state index >= 15 is 0 Å². The van der Waals surface area contributed by atoms with Crippen LogP contribution in [0.25, 0.3) is 0 Å². The molecule has 0 saturated carbocycles. The molecular weight excluding hydrogens is 206 g/mol. The maximum atomic E-state index is 11.3. The summed E-state index contributed by atoms with van der Waals surface area (Å²) < 4.78 is 4.72. The summed E-state index contributed by atoms with van der Waals surface area (Å²) in [6.07, 6.45) is 3.24. The zero-order valence-electron chi connectivity index (χ0n) is 10.3. The van der Waals surface area contributed by atoms with Crippen LogP contribution in [0.3, 0.4) is 0 Å². The number of hydrogen-bond donors (Lipinski definition) is 1. The van der Waals surface area contributed by atoms with Crippen LogP contribution in [-0.2, 0) is 9.53 Å². The maximum absolute atomic E-state index is 11.3. The van der Waals surface area contributed by atoms with Crippen molar-refractivity contribution in [1.82, 2.24) is 4.90 Å². The summed E-state index contributed by atoms with van der Waals surface area (Å²) in [4.78, 5) is 13.6. The lowest BCUT2D eigenvalue weighted by molar-refractivity contribution is -0.145. The Morgan fingerprint density at radius 2 is 2.38 bits per heavy atom. The third-order valence-electron chi connectivity index (χ3n) is 3.28. The van der Waals surface area contributed by atoms with E-state index < -0.39 is 0 Å². The Kier molecular flexibility index (Phi) is 5.77. The predicted octanol–water partition coefficient (Wildman–Crippen LogP) is 0.890. The van der Waals surface area contributed by atoms with Crippen LogP contribution >= 0.6 is 0 Å². The van der Waals surface area contributed by atoms with Crippen molar-refractivity contribution in [3.63, 3.8) is 0 Å². The molecule has 94 valence electrons. The zero-order chi connectivity index (χ0) is 12.0. The lowest BCUT2D eigenvalue weighted by Crippen LogP contribution is -2.40. The molecule has 0 amide bonds. The fraction of sp³-hybridized carbons (Fsp3) is 0.917. The molecule has 0 aromatic heterocycles. The summed E-state index contributed by atoms with van der Waals surface area (Å²) in [5, 5.41) is 8.92. The fourth-order valence-corrected chi connectivity index (χ4v) is 2.40. The van der Waals surface area contributed by atoms with Crippen molar-refractivity contribution in [3.05, 3.63) is 0 Å². The van der Waals surface area contributed by atoms with E-state index in [1.165, 1.54) is 20.0 Å². The Balaban J connectivity index is 2.33. The van der Waals surface area contributed by atoms with E-state index in [2.05, 4.69) is 4.90 Å². The van der Waals surface area contributed by atoms with Crippen LogP contribution in [0, 0.1) is 11.8 Å². The van der Waals surface area contributed by atoms with Crippen molar-refractivity contribution in [3.8, 4) is 0 Å². The van der Waals surface area contributed by atoms with Gasteiger partial charge in [-0.25, -0.2) is 0 Å². The number of aliphatic hydroxyl groups is 1. The minimum absolute atomic E-state index is 0.0575. The number of hydrogen-bond acceptors (Lipinski definition) is 4. The van der Waals surface area contributed by atoms with Crippen molar-refractivity contribution >= 4 is 5.97 Å². The van der Waals surface area contributed by atoms with E-state index in [0.29, 0.717) is 5.92 Å². The molecule has 1 heterocycles. The number of likely N-dealkylation sites (tertiary alicyclic amines) is 1. The third kappa shape index (κ3) is 4.10. The van der Waals surface area contributed by atoms with Crippen molar-refractivity contribution in [1.29, 1.82) is 0 Å². The molecule has 1 aliphatic rings. The molecule has 2 unspecified atom stereocenters. The molecule has 1 rings (SSSR count). The molecule has 1 aliphatic heterocycles. The molecule has 16 heavy (non-hydrogen) atoms. The number of nitrogens with zero attached hydrogens (tertiary/aromatic N) is 1. The van der Waals surface area contributed by atoms with Crippen molar-refractivity contribution in [2.45, 2.75) is 26.2 Å². The van der Waals surface area contributed by atoms with Gasteiger partial charge in [-0.3, -0.25) is 4.79 Å². The SMILES string of the molecule is COC(=O)C(C)CN1CCCC(CCO)C1. The van der Waals surface area contributed by atoms with Gasteiger partial charge in [0.05, 0.1) is 13.0 Å². The van der Waals surface area contributed by atoms with Crippen LogP contribution in [-0.4, -0.2) is 49.3 Å². The summed E-state index contributed by atoms with van der Waals surface area (Å²) in [6, 6.07) is 0. The summed E-state index contributed by atoms with van der Waals surface area (Å²) in [7, 11) is 1.43. The highest BCUT2D eigenvalue weighted by atomic mass is 16.5. The zero-order valence-corrected chi connectivity index (χ0v) is 10.3. The van der Waals surface area contributed by atoms with Crippen LogP contribution in [0.15, 0.2) is 0 Å². The van der Waals surface area contributed by atoms with Crippen molar-refractivity contribution in [2.75, 3.05) is 33.4 Å². The average molecular weight is 229 g/mol. The highest BCUT2D eigenvalue weighted by Gasteiger charge is 2.23. The van der Waals surface area contributed by atoms with Gasteiger partial charge in [0, 0.05) is 19.7 Å². The average Bonchev–Trinajstić information content (AvgIpc) is 2.29. The molecule has 4 heteroatoms. The Hall–Kier alpha value is -0.610. The van der Waals surface area contributed by atoms with E-state index in [9.17, 15) is 4.79 Å². The summed E-state index contributed by atoms with van der Waals surface area (Å²) in [5.41, 5.74) is 0. The van der Waals surface area contributed by atoms with E-state index in [1.54, 1.807) is 0 Å². The number of rotatable bonds is 5.